The fourth-order valence-corrected chi connectivity index (χ4v) is 1.54. The van der Waals surface area contributed by atoms with Crippen molar-refractivity contribution >= 4 is 18.0 Å². The molecular formula is C14H11NO4. The molecule has 1 amide bonds. The summed E-state index contributed by atoms with van der Waals surface area (Å²) in [6.07, 6.45) is 2.67. The maximum Gasteiger partial charge on any atom is 0.335 e. The second kappa shape index (κ2) is 5.22. The van der Waals surface area contributed by atoms with E-state index in [1.165, 1.54) is 24.3 Å². The van der Waals surface area contributed by atoms with Gasteiger partial charge in [0.25, 0.3) is 0 Å². The molecule has 0 aliphatic carbocycles. The normalized spacial score (nSPS) is 10.7. The van der Waals surface area contributed by atoms with Gasteiger partial charge in [0.2, 0.25) is 5.91 Å². The third-order valence-electron chi connectivity index (χ3n) is 2.46. The van der Waals surface area contributed by atoms with Crippen LogP contribution in [0.25, 0.3) is 17.4 Å². The largest absolute Gasteiger partial charge is 0.478 e. The number of furan rings is 1. The molecular weight excluding hydrogens is 246 g/mol. The molecule has 2 rings (SSSR count). The molecule has 0 saturated heterocycles. The van der Waals surface area contributed by atoms with Gasteiger partial charge in [0.05, 0.1) is 5.56 Å². The van der Waals surface area contributed by atoms with Crippen LogP contribution in [0.1, 0.15) is 16.1 Å². The number of benzene rings is 1. The van der Waals surface area contributed by atoms with Crippen LogP contribution in [0.2, 0.25) is 0 Å². The van der Waals surface area contributed by atoms with Crippen molar-refractivity contribution < 1.29 is 19.1 Å². The second-order valence-electron chi connectivity index (χ2n) is 3.82. The van der Waals surface area contributed by atoms with Gasteiger partial charge in [0.15, 0.2) is 0 Å². The van der Waals surface area contributed by atoms with Gasteiger partial charge in [0, 0.05) is 11.6 Å². The number of carboxylic acid groups (broad SMARTS) is 1. The molecule has 0 atom stereocenters. The van der Waals surface area contributed by atoms with Crippen LogP contribution in [0.3, 0.4) is 0 Å². The lowest BCUT2D eigenvalue weighted by Crippen LogP contribution is -2.04. The molecule has 5 heteroatoms. The number of aromatic carboxylic acids is 1. The molecule has 96 valence electrons. The van der Waals surface area contributed by atoms with Gasteiger partial charge >= 0.3 is 5.97 Å². The van der Waals surface area contributed by atoms with Crippen molar-refractivity contribution in [3.05, 3.63) is 53.8 Å². The Bertz CT molecular complexity index is 638. The minimum Gasteiger partial charge on any atom is -0.478 e. The zero-order valence-corrected chi connectivity index (χ0v) is 9.87. The summed E-state index contributed by atoms with van der Waals surface area (Å²) in [6.45, 7) is 0. The quantitative estimate of drug-likeness (QED) is 0.820. The highest BCUT2D eigenvalue weighted by molar-refractivity contribution is 5.90. The van der Waals surface area contributed by atoms with E-state index in [9.17, 15) is 9.59 Å². The van der Waals surface area contributed by atoms with E-state index in [0.717, 1.165) is 5.56 Å². The summed E-state index contributed by atoms with van der Waals surface area (Å²) in [5, 5.41) is 8.80. The average molecular weight is 257 g/mol. The first-order valence-electron chi connectivity index (χ1n) is 5.47. The Balaban J connectivity index is 2.23. The van der Waals surface area contributed by atoms with Crippen LogP contribution in [-0.2, 0) is 4.79 Å². The average Bonchev–Trinajstić information content (AvgIpc) is 2.85. The minimum absolute atomic E-state index is 0.212. The first kappa shape index (κ1) is 12.6. The van der Waals surface area contributed by atoms with Crippen LogP contribution in [-0.4, -0.2) is 17.0 Å². The van der Waals surface area contributed by atoms with Gasteiger partial charge in [-0.2, -0.15) is 0 Å². The standard InChI is InChI=1S/C14H11NO4/c15-13(16)8-6-11-5-7-12(19-11)9-1-3-10(4-2-9)14(17)18/h1-8H,(H2,15,16)(H,17,18)/b8-6-. The fourth-order valence-electron chi connectivity index (χ4n) is 1.54. The van der Waals surface area contributed by atoms with E-state index in [2.05, 4.69) is 0 Å². The number of carboxylic acids is 1. The molecule has 0 saturated carbocycles. The number of carbonyl (C=O) groups excluding carboxylic acids is 1. The molecule has 0 aliphatic rings. The molecule has 0 bridgehead atoms. The molecule has 0 spiro atoms. The van der Waals surface area contributed by atoms with E-state index in [-0.39, 0.29) is 5.56 Å². The van der Waals surface area contributed by atoms with Crippen molar-refractivity contribution in [3.63, 3.8) is 0 Å². The lowest BCUT2D eigenvalue weighted by atomic mass is 10.1. The maximum absolute atomic E-state index is 10.7. The molecule has 0 radical (unpaired) electrons. The highest BCUT2D eigenvalue weighted by atomic mass is 16.4. The van der Waals surface area contributed by atoms with Crippen LogP contribution in [0.15, 0.2) is 46.9 Å². The summed E-state index contributed by atoms with van der Waals surface area (Å²) in [7, 11) is 0. The Morgan fingerprint density at radius 2 is 1.79 bits per heavy atom. The smallest absolute Gasteiger partial charge is 0.335 e. The van der Waals surface area contributed by atoms with E-state index in [0.29, 0.717) is 11.5 Å². The Morgan fingerprint density at radius 3 is 2.37 bits per heavy atom. The van der Waals surface area contributed by atoms with E-state index in [1.54, 1.807) is 24.3 Å². The summed E-state index contributed by atoms with van der Waals surface area (Å²) < 4.78 is 5.48. The molecule has 0 unspecified atom stereocenters. The number of rotatable bonds is 4. The van der Waals surface area contributed by atoms with Gasteiger partial charge in [-0.15, -0.1) is 0 Å². The van der Waals surface area contributed by atoms with E-state index in [4.69, 9.17) is 15.3 Å². The number of nitrogens with two attached hydrogens (primary N) is 1. The number of hydrogen-bond acceptors (Lipinski definition) is 3. The van der Waals surface area contributed by atoms with Crippen LogP contribution in [0.4, 0.5) is 0 Å². The van der Waals surface area contributed by atoms with E-state index >= 15 is 0 Å². The molecule has 19 heavy (non-hydrogen) atoms. The third kappa shape index (κ3) is 3.10. The monoisotopic (exact) mass is 257 g/mol. The number of hydrogen-bond donors (Lipinski definition) is 2. The molecule has 3 N–H and O–H groups in total. The Hall–Kier alpha value is -2.82. The summed E-state index contributed by atoms with van der Waals surface area (Å²) in [4.78, 5) is 21.3. The van der Waals surface area contributed by atoms with Crippen molar-refractivity contribution in [1.29, 1.82) is 0 Å². The molecule has 1 aromatic heterocycles. The maximum atomic E-state index is 10.7. The fraction of sp³-hybridized carbons (Fsp3) is 0. The first-order valence-corrected chi connectivity index (χ1v) is 5.47. The second-order valence-corrected chi connectivity index (χ2v) is 3.82. The summed E-state index contributed by atoms with van der Waals surface area (Å²) in [6, 6.07) is 9.74. The van der Waals surface area contributed by atoms with Gasteiger partial charge in [0.1, 0.15) is 11.5 Å². The summed E-state index contributed by atoms with van der Waals surface area (Å²) >= 11 is 0. The SMILES string of the molecule is NC(=O)/C=C\c1ccc(-c2ccc(C(=O)O)cc2)o1. The third-order valence-corrected chi connectivity index (χ3v) is 2.46. The molecule has 2 aromatic rings. The van der Waals surface area contributed by atoms with E-state index < -0.39 is 11.9 Å². The molecule has 0 fully saturated rings. The van der Waals surface area contributed by atoms with Crippen molar-refractivity contribution in [2.75, 3.05) is 0 Å². The summed E-state index contributed by atoms with van der Waals surface area (Å²) in [5.74, 6) is -0.447. The highest BCUT2D eigenvalue weighted by Crippen LogP contribution is 2.23. The Labute approximate surface area is 109 Å². The minimum atomic E-state index is -0.976. The first-order chi connectivity index (χ1) is 9.06. The topological polar surface area (TPSA) is 93.5 Å². The molecule has 0 aliphatic heterocycles. The van der Waals surface area contributed by atoms with Crippen LogP contribution < -0.4 is 5.73 Å². The van der Waals surface area contributed by atoms with Gasteiger partial charge in [-0.3, -0.25) is 4.79 Å². The molecule has 1 heterocycles. The molecule has 5 nitrogen and oxygen atoms in total. The highest BCUT2D eigenvalue weighted by Gasteiger charge is 2.06. The van der Waals surface area contributed by atoms with Crippen LogP contribution in [0, 0.1) is 0 Å². The van der Waals surface area contributed by atoms with Gasteiger partial charge < -0.3 is 15.3 Å². The lowest BCUT2D eigenvalue weighted by molar-refractivity contribution is -0.113. The number of carbonyl (C=O) groups is 2. The van der Waals surface area contributed by atoms with Crippen molar-refractivity contribution in [2.24, 2.45) is 5.73 Å². The van der Waals surface area contributed by atoms with Crippen molar-refractivity contribution in [1.82, 2.24) is 0 Å². The predicted octanol–water partition coefficient (Wildman–Crippen LogP) is 2.14. The Morgan fingerprint density at radius 1 is 1.11 bits per heavy atom. The van der Waals surface area contributed by atoms with Gasteiger partial charge in [-0.05, 0) is 30.3 Å². The van der Waals surface area contributed by atoms with Gasteiger partial charge in [-0.25, -0.2) is 4.79 Å². The number of primary amides is 1. The predicted molar refractivity (Wildman–Crippen MR) is 69.3 cm³/mol. The van der Waals surface area contributed by atoms with Crippen LogP contribution >= 0.6 is 0 Å². The lowest BCUT2D eigenvalue weighted by Gasteiger charge is -1.98. The molecule has 1 aromatic carbocycles. The van der Waals surface area contributed by atoms with Gasteiger partial charge in [-0.1, -0.05) is 12.1 Å². The Kier molecular flexibility index (Phi) is 3.47. The number of amides is 1. The zero-order chi connectivity index (χ0) is 13.8. The zero-order valence-electron chi connectivity index (χ0n) is 9.87. The van der Waals surface area contributed by atoms with Crippen LogP contribution in [0.5, 0.6) is 0 Å². The van der Waals surface area contributed by atoms with E-state index in [1.807, 2.05) is 0 Å². The van der Waals surface area contributed by atoms with Crippen molar-refractivity contribution in [3.8, 4) is 11.3 Å². The van der Waals surface area contributed by atoms with Crippen molar-refractivity contribution in [2.45, 2.75) is 0 Å². The summed E-state index contributed by atoms with van der Waals surface area (Å²) in [5.41, 5.74) is 5.95.